The SMILES string of the molecule is CCc1ccc(Cn2cc3cc(CC4CCN(C(=O)OC(C)(C)C)CC4)cc(Cl)c3c2O)cc1. The van der Waals surface area contributed by atoms with Gasteiger partial charge in [0.2, 0.25) is 5.88 Å². The van der Waals surface area contributed by atoms with Gasteiger partial charge in [-0.3, -0.25) is 0 Å². The molecule has 0 unspecified atom stereocenters. The van der Waals surface area contributed by atoms with E-state index in [1.165, 1.54) is 5.56 Å². The van der Waals surface area contributed by atoms with Crippen LogP contribution in [0.3, 0.4) is 0 Å². The van der Waals surface area contributed by atoms with E-state index in [2.05, 4.69) is 37.3 Å². The second kappa shape index (κ2) is 9.91. The zero-order chi connectivity index (χ0) is 24.5. The van der Waals surface area contributed by atoms with Gasteiger partial charge in [0.25, 0.3) is 0 Å². The average Bonchev–Trinajstić information content (AvgIpc) is 3.09. The van der Waals surface area contributed by atoms with Crippen LogP contribution >= 0.6 is 11.6 Å². The number of carbonyl (C=O) groups is 1. The molecule has 0 atom stereocenters. The van der Waals surface area contributed by atoms with Crippen molar-refractivity contribution in [1.29, 1.82) is 0 Å². The number of ether oxygens (including phenoxy) is 1. The Bertz CT molecular complexity index is 1150. The molecule has 1 aromatic heterocycles. The number of halogens is 1. The van der Waals surface area contributed by atoms with Crippen molar-refractivity contribution in [1.82, 2.24) is 9.47 Å². The van der Waals surface area contributed by atoms with Crippen LogP contribution in [0.4, 0.5) is 4.79 Å². The van der Waals surface area contributed by atoms with Gasteiger partial charge in [-0.2, -0.15) is 0 Å². The van der Waals surface area contributed by atoms with Gasteiger partial charge < -0.3 is 19.3 Å². The number of hydrogen-bond donors (Lipinski definition) is 1. The van der Waals surface area contributed by atoms with E-state index in [0.29, 0.717) is 36.0 Å². The number of aromatic hydroxyl groups is 1. The Morgan fingerprint density at radius 3 is 2.35 bits per heavy atom. The van der Waals surface area contributed by atoms with E-state index in [1.54, 1.807) is 0 Å². The van der Waals surface area contributed by atoms with Crippen molar-refractivity contribution in [3.63, 3.8) is 0 Å². The maximum Gasteiger partial charge on any atom is 0.410 e. The van der Waals surface area contributed by atoms with Crippen LogP contribution in [0.25, 0.3) is 10.8 Å². The molecule has 0 saturated carbocycles. The first-order valence-electron chi connectivity index (χ1n) is 12.2. The highest BCUT2D eigenvalue weighted by molar-refractivity contribution is 6.36. The first-order valence-corrected chi connectivity index (χ1v) is 12.6. The molecule has 1 saturated heterocycles. The highest BCUT2D eigenvalue weighted by Gasteiger charge is 2.27. The van der Waals surface area contributed by atoms with E-state index in [4.69, 9.17) is 16.3 Å². The number of benzene rings is 2. The molecule has 1 N–H and O–H groups in total. The number of fused-ring (bicyclic) bond motifs is 1. The number of likely N-dealkylation sites (tertiary alicyclic amines) is 1. The zero-order valence-corrected chi connectivity index (χ0v) is 21.4. The van der Waals surface area contributed by atoms with Gasteiger partial charge in [-0.25, -0.2) is 4.79 Å². The molecule has 1 aliphatic heterocycles. The Morgan fingerprint density at radius 1 is 1.09 bits per heavy atom. The smallest absolute Gasteiger partial charge is 0.410 e. The van der Waals surface area contributed by atoms with Crippen LogP contribution < -0.4 is 0 Å². The minimum atomic E-state index is -0.471. The second-order valence-corrected chi connectivity index (χ2v) is 10.8. The van der Waals surface area contributed by atoms with Crippen molar-refractivity contribution in [2.45, 2.75) is 65.5 Å². The first kappa shape index (κ1) is 24.5. The molecule has 1 aliphatic rings. The summed E-state index contributed by atoms with van der Waals surface area (Å²) in [6.07, 6.45) is 5.55. The fraction of sp³-hybridized carbons (Fsp3) is 0.464. The molecule has 2 aromatic carbocycles. The molecular weight excluding hydrogens is 448 g/mol. The largest absolute Gasteiger partial charge is 0.494 e. The van der Waals surface area contributed by atoms with Crippen molar-refractivity contribution in [2.75, 3.05) is 13.1 Å². The lowest BCUT2D eigenvalue weighted by Crippen LogP contribution is -2.42. The minimum Gasteiger partial charge on any atom is -0.494 e. The summed E-state index contributed by atoms with van der Waals surface area (Å²) >= 11 is 6.62. The Hall–Kier alpha value is -2.66. The lowest BCUT2D eigenvalue weighted by atomic mass is 9.90. The van der Waals surface area contributed by atoms with Gasteiger partial charge in [-0.1, -0.05) is 42.8 Å². The van der Waals surface area contributed by atoms with E-state index in [1.807, 2.05) is 42.5 Å². The predicted octanol–water partition coefficient (Wildman–Crippen LogP) is 6.80. The molecule has 4 rings (SSSR count). The van der Waals surface area contributed by atoms with Crippen LogP contribution in [0.5, 0.6) is 5.88 Å². The highest BCUT2D eigenvalue weighted by atomic mass is 35.5. The maximum absolute atomic E-state index is 12.3. The number of piperidine rings is 1. The van der Waals surface area contributed by atoms with Gasteiger partial charge in [0.1, 0.15) is 5.60 Å². The van der Waals surface area contributed by atoms with Crippen molar-refractivity contribution < 1.29 is 14.6 Å². The average molecular weight is 483 g/mol. The van der Waals surface area contributed by atoms with Crippen molar-refractivity contribution in [3.05, 3.63) is 64.3 Å². The van der Waals surface area contributed by atoms with Crippen LogP contribution in [-0.2, 0) is 24.1 Å². The van der Waals surface area contributed by atoms with Crippen molar-refractivity contribution >= 4 is 28.5 Å². The van der Waals surface area contributed by atoms with E-state index < -0.39 is 5.60 Å². The molecule has 34 heavy (non-hydrogen) atoms. The molecule has 182 valence electrons. The van der Waals surface area contributed by atoms with Crippen LogP contribution in [0.15, 0.2) is 42.6 Å². The molecule has 0 radical (unpaired) electrons. The lowest BCUT2D eigenvalue weighted by Gasteiger charge is -2.33. The summed E-state index contributed by atoms with van der Waals surface area (Å²) in [5, 5.41) is 13.1. The number of aromatic nitrogens is 1. The Morgan fingerprint density at radius 2 is 1.74 bits per heavy atom. The fourth-order valence-corrected chi connectivity index (χ4v) is 5.03. The number of aryl methyl sites for hydroxylation is 1. The Labute approximate surface area is 207 Å². The van der Waals surface area contributed by atoms with E-state index >= 15 is 0 Å². The predicted molar refractivity (Wildman–Crippen MR) is 138 cm³/mol. The van der Waals surface area contributed by atoms with E-state index in [0.717, 1.165) is 42.2 Å². The summed E-state index contributed by atoms with van der Waals surface area (Å²) in [6.45, 7) is 9.84. The van der Waals surface area contributed by atoms with Crippen molar-refractivity contribution in [2.24, 2.45) is 5.92 Å². The maximum atomic E-state index is 12.3. The first-order chi connectivity index (χ1) is 16.1. The molecule has 2 heterocycles. The molecule has 1 fully saturated rings. The molecule has 5 nitrogen and oxygen atoms in total. The number of nitrogens with zero attached hydrogens (tertiary/aromatic N) is 2. The molecule has 0 aliphatic carbocycles. The summed E-state index contributed by atoms with van der Waals surface area (Å²) in [7, 11) is 0. The third kappa shape index (κ3) is 5.69. The molecule has 0 spiro atoms. The zero-order valence-electron chi connectivity index (χ0n) is 20.6. The minimum absolute atomic E-state index is 0.205. The Kier molecular flexibility index (Phi) is 7.13. The Balaban J connectivity index is 1.43. The van der Waals surface area contributed by atoms with Crippen molar-refractivity contribution in [3.8, 4) is 5.88 Å². The van der Waals surface area contributed by atoms with Crippen LogP contribution in [0, 0.1) is 5.92 Å². The monoisotopic (exact) mass is 482 g/mol. The van der Waals surface area contributed by atoms with Gasteiger partial charge in [-0.15, -0.1) is 0 Å². The quantitative estimate of drug-likeness (QED) is 0.435. The summed E-state index contributed by atoms with van der Waals surface area (Å²) in [5.74, 6) is 0.691. The molecule has 1 amide bonds. The third-order valence-corrected chi connectivity index (χ3v) is 6.84. The number of carbonyl (C=O) groups excluding carboxylic acids is 1. The third-order valence-electron chi connectivity index (χ3n) is 6.55. The number of hydrogen-bond acceptors (Lipinski definition) is 3. The fourth-order valence-electron chi connectivity index (χ4n) is 4.69. The number of amides is 1. The normalized spacial score (nSPS) is 15.1. The summed E-state index contributed by atoms with van der Waals surface area (Å²) in [5.41, 5.74) is 3.13. The van der Waals surface area contributed by atoms with Crippen LogP contribution in [0.2, 0.25) is 5.02 Å². The van der Waals surface area contributed by atoms with Crippen LogP contribution in [-0.4, -0.2) is 39.4 Å². The molecular formula is C28H35ClN2O3. The number of rotatable bonds is 5. The topological polar surface area (TPSA) is 54.7 Å². The lowest BCUT2D eigenvalue weighted by molar-refractivity contribution is 0.0184. The second-order valence-electron chi connectivity index (χ2n) is 10.4. The van der Waals surface area contributed by atoms with Gasteiger partial charge in [0, 0.05) is 24.7 Å². The van der Waals surface area contributed by atoms with Crippen LogP contribution in [0.1, 0.15) is 57.2 Å². The van der Waals surface area contributed by atoms with Gasteiger partial charge in [-0.05, 0) is 81.2 Å². The summed E-state index contributed by atoms with van der Waals surface area (Å²) in [6, 6.07) is 12.6. The van der Waals surface area contributed by atoms with E-state index in [-0.39, 0.29) is 12.0 Å². The summed E-state index contributed by atoms with van der Waals surface area (Å²) < 4.78 is 7.37. The van der Waals surface area contributed by atoms with Gasteiger partial charge >= 0.3 is 6.09 Å². The van der Waals surface area contributed by atoms with E-state index in [9.17, 15) is 9.90 Å². The molecule has 6 heteroatoms. The highest BCUT2D eigenvalue weighted by Crippen LogP contribution is 2.36. The molecule has 3 aromatic rings. The standard InChI is InChI=1S/C28H35ClN2O3/c1-5-19-6-8-21(9-7-19)17-31-18-23-15-22(16-24(29)25(23)26(31)32)14-20-10-12-30(13-11-20)27(33)34-28(2,3)4/h6-9,15-16,18,20,32H,5,10-14,17H2,1-4H3. The van der Waals surface area contributed by atoms with Gasteiger partial charge in [0.15, 0.2) is 0 Å². The summed E-state index contributed by atoms with van der Waals surface area (Å²) in [4.78, 5) is 14.1. The van der Waals surface area contributed by atoms with Gasteiger partial charge in [0.05, 0.1) is 17.0 Å². The molecule has 0 bridgehead atoms.